The summed E-state index contributed by atoms with van der Waals surface area (Å²) in [6, 6.07) is 15.1. The van der Waals surface area contributed by atoms with E-state index in [1.807, 2.05) is 36.4 Å². The molecule has 8 nitrogen and oxygen atoms in total. The molecule has 3 rings (SSSR count). The molecule has 0 aliphatic carbocycles. The standard InChI is InChI=1S/C22H21ClN4O4/c1-30-20(28)11-10-18(22(29)31-2)26-27-19-13-24-21(14-6-4-3-5-7-14)16-12-15(23)8-9-17(16)25-19/h3-9,12H,10-11,13H2,1-2H3,(H,25,27). The van der Waals surface area contributed by atoms with Gasteiger partial charge in [-0.3, -0.25) is 15.2 Å². The third-order valence-electron chi connectivity index (χ3n) is 4.44. The number of esters is 2. The number of carbonyl (C=O) groups is 2. The molecule has 9 heteroatoms. The molecule has 160 valence electrons. The van der Waals surface area contributed by atoms with E-state index in [2.05, 4.69) is 20.3 Å². The highest BCUT2D eigenvalue weighted by Gasteiger charge is 2.18. The minimum atomic E-state index is -0.647. The van der Waals surface area contributed by atoms with Crippen molar-refractivity contribution < 1.29 is 19.1 Å². The Bertz CT molecular complexity index is 1060. The number of benzene rings is 2. The maximum absolute atomic E-state index is 12.0. The maximum atomic E-state index is 12.0. The minimum Gasteiger partial charge on any atom is -0.469 e. The van der Waals surface area contributed by atoms with Crippen LogP contribution in [0.5, 0.6) is 0 Å². The molecule has 1 aliphatic heterocycles. The number of aliphatic imine (C=N–C) groups is 2. The molecule has 31 heavy (non-hydrogen) atoms. The first-order valence-corrected chi connectivity index (χ1v) is 9.84. The Morgan fingerprint density at radius 2 is 1.87 bits per heavy atom. The van der Waals surface area contributed by atoms with Crippen molar-refractivity contribution in [3.05, 3.63) is 64.7 Å². The van der Waals surface area contributed by atoms with E-state index in [9.17, 15) is 9.59 Å². The second kappa shape index (κ2) is 10.5. The summed E-state index contributed by atoms with van der Waals surface area (Å²) in [4.78, 5) is 32.7. The first kappa shape index (κ1) is 22.2. The number of hydrazone groups is 1. The zero-order valence-electron chi connectivity index (χ0n) is 17.1. The molecule has 0 unspecified atom stereocenters. The highest BCUT2D eigenvalue weighted by molar-refractivity contribution is 6.36. The Balaban J connectivity index is 1.91. The van der Waals surface area contributed by atoms with Gasteiger partial charge < -0.3 is 9.47 Å². The van der Waals surface area contributed by atoms with Crippen LogP contribution < -0.4 is 5.43 Å². The van der Waals surface area contributed by atoms with Crippen LogP contribution in [-0.2, 0) is 19.1 Å². The average Bonchev–Trinajstić information content (AvgIpc) is 2.98. The summed E-state index contributed by atoms with van der Waals surface area (Å²) in [5.74, 6) is -0.674. The van der Waals surface area contributed by atoms with Gasteiger partial charge in [-0.25, -0.2) is 9.79 Å². The Hall–Kier alpha value is -3.52. The number of carbonyl (C=O) groups excluding carboxylic acids is 2. The molecule has 1 heterocycles. The molecular weight excluding hydrogens is 420 g/mol. The maximum Gasteiger partial charge on any atom is 0.354 e. The molecule has 0 saturated heterocycles. The van der Waals surface area contributed by atoms with E-state index in [1.165, 1.54) is 14.2 Å². The smallest absolute Gasteiger partial charge is 0.354 e. The number of ether oxygens (including phenoxy) is 2. The Labute approximate surface area is 184 Å². The van der Waals surface area contributed by atoms with E-state index < -0.39 is 11.9 Å². The number of halogens is 1. The predicted molar refractivity (Wildman–Crippen MR) is 119 cm³/mol. The van der Waals surface area contributed by atoms with Crippen LogP contribution in [0.25, 0.3) is 0 Å². The predicted octanol–water partition coefficient (Wildman–Crippen LogP) is 3.29. The molecule has 0 bridgehead atoms. The molecule has 1 aliphatic rings. The number of methoxy groups -OCH3 is 2. The van der Waals surface area contributed by atoms with Gasteiger partial charge in [0, 0.05) is 22.6 Å². The summed E-state index contributed by atoms with van der Waals surface area (Å²) in [5.41, 5.74) is 5.97. The Morgan fingerprint density at radius 1 is 1.10 bits per heavy atom. The number of hydrogen-bond donors (Lipinski definition) is 1. The van der Waals surface area contributed by atoms with E-state index in [1.54, 1.807) is 12.1 Å². The zero-order chi connectivity index (χ0) is 22.2. The number of amidine groups is 1. The zero-order valence-corrected chi connectivity index (χ0v) is 17.8. The van der Waals surface area contributed by atoms with Crippen LogP contribution in [0.4, 0.5) is 5.69 Å². The van der Waals surface area contributed by atoms with Crippen molar-refractivity contribution in [2.75, 3.05) is 20.8 Å². The van der Waals surface area contributed by atoms with Crippen molar-refractivity contribution in [1.82, 2.24) is 5.43 Å². The number of hydrogen-bond acceptors (Lipinski definition) is 8. The molecule has 0 saturated carbocycles. The van der Waals surface area contributed by atoms with Gasteiger partial charge in [0.1, 0.15) is 11.5 Å². The highest BCUT2D eigenvalue weighted by atomic mass is 35.5. The van der Waals surface area contributed by atoms with Gasteiger partial charge in [0.05, 0.1) is 38.6 Å². The molecule has 0 aromatic heterocycles. The lowest BCUT2D eigenvalue weighted by molar-refractivity contribution is -0.140. The number of nitrogens with zero attached hydrogens (tertiary/aromatic N) is 3. The Kier molecular flexibility index (Phi) is 7.50. The van der Waals surface area contributed by atoms with Crippen molar-refractivity contribution in [3.8, 4) is 0 Å². The SMILES string of the molecule is COC(=O)CCC(=NNC1=Nc2ccc(Cl)cc2C(c2ccccc2)=NC1)C(=O)OC. The quantitative estimate of drug-likeness (QED) is 0.422. The Morgan fingerprint density at radius 3 is 2.58 bits per heavy atom. The van der Waals surface area contributed by atoms with Crippen LogP contribution in [-0.4, -0.2) is 50.0 Å². The number of nitrogens with one attached hydrogen (secondary N) is 1. The lowest BCUT2D eigenvalue weighted by Gasteiger charge is -2.08. The van der Waals surface area contributed by atoms with Gasteiger partial charge in [-0.15, -0.1) is 0 Å². The molecule has 2 aromatic rings. The van der Waals surface area contributed by atoms with Crippen LogP contribution >= 0.6 is 11.6 Å². The van der Waals surface area contributed by atoms with E-state index in [-0.39, 0.29) is 25.1 Å². The van der Waals surface area contributed by atoms with Gasteiger partial charge in [0.15, 0.2) is 0 Å². The molecule has 0 atom stereocenters. The second-order valence-electron chi connectivity index (χ2n) is 6.49. The second-order valence-corrected chi connectivity index (χ2v) is 6.93. The van der Waals surface area contributed by atoms with Gasteiger partial charge in [-0.1, -0.05) is 41.9 Å². The third kappa shape index (κ3) is 5.76. The van der Waals surface area contributed by atoms with Gasteiger partial charge in [-0.05, 0) is 18.2 Å². The fourth-order valence-corrected chi connectivity index (χ4v) is 3.07. The van der Waals surface area contributed by atoms with Crippen LogP contribution in [0, 0.1) is 0 Å². The first-order valence-electron chi connectivity index (χ1n) is 9.47. The lowest BCUT2D eigenvalue weighted by atomic mass is 10.0. The summed E-state index contributed by atoms with van der Waals surface area (Å²) >= 11 is 6.21. The monoisotopic (exact) mass is 440 g/mol. The third-order valence-corrected chi connectivity index (χ3v) is 4.67. The van der Waals surface area contributed by atoms with Crippen molar-refractivity contribution in [2.45, 2.75) is 12.8 Å². The van der Waals surface area contributed by atoms with Crippen molar-refractivity contribution >= 4 is 46.5 Å². The summed E-state index contributed by atoms with van der Waals surface area (Å²) in [5, 5.41) is 4.68. The van der Waals surface area contributed by atoms with Gasteiger partial charge in [0.25, 0.3) is 0 Å². The van der Waals surface area contributed by atoms with Crippen LogP contribution in [0.2, 0.25) is 5.02 Å². The highest BCUT2D eigenvalue weighted by Crippen LogP contribution is 2.28. The molecular formula is C22H21ClN4O4. The lowest BCUT2D eigenvalue weighted by Crippen LogP contribution is -2.26. The van der Waals surface area contributed by atoms with E-state index in [0.29, 0.717) is 16.5 Å². The van der Waals surface area contributed by atoms with Crippen molar-refractivity contribution in [1.29, 1.82) is 0 Å². The number of fused-ring (bicyclic) bond motifs is 1. The van der Waals surface area contributed by atoms with Crippen LogP contribution in [0.3, 0.4) is 0 Å². The summed E-state index contributed by atoms with van der Waals surface area (Å²) < 4.78 is 9.35. The van der Waals surface area contributed by atoms with Crippen LogP contribution in [0.1, 0.15) is 24.0 Å². The molecule has 1 N–H and O–H groups in total. The molecule has 0 fully saturated rings. The molecule has 0 radical (unpaired) electrons. The van der Waals surface area contributed by atoms with E-state index in [4.69, 9.17) is 21.3 Å². The summed E-state index contributed by atoms with van der Waals surface area (Å²) in [6.45, 7) is 0.200. The largest absolute Gasteiger partial charge is 0.469 e. The topological polar surface area (TPSA) is 102 Å². The minimum absolute atomic E-state index is 0.00374. The van der Waals surface area contributed by atoms with Gasteiger partial charge in [0.2, 0.25) is 0 Å². The molecule has 0 spiro atoms. The average molecular weight is 441 g/mol. The van der Waals surface area contributed by atoms with E-state index >= 15 is 0 Å². The van der Waals surface area contributed by atoms with E-state index in [0.717, 1.165) is 16.8 Å². The van der Waals surface area contributed by atoms with Gasteiger partial charge in [-0.2, -0.15) is 5.10 Å². The fourth-order valence-electron chi connectivity index (χ4n) is 2.89. The van der Waals surface area contributed by atoms with Gasteiger partial charge >= 0.3 is 11.9 Å². The van der Waals surface area contributed by atoms with Crippen molar-refractivity contribution in [2.24, 2.45) is 15.1 Å². The molecule has 2 aromatic carbocycles. The normalized spacial score (nSPS) is 13.3. The first-order chi connectivity index (χ1) is 15.0. The fraction of sp³-hybridized carbons (Fsp3) is 0.227. The molecule has 0 amide bonds. The summed E-state index contributed by atoms with van der Waals surface area (Å²) in [7, 11) is 2.53. The summed E-state index contributed by atoms with van der Waals surface area (Å²) in [6.07, 6.45) is 0.0561. The van der Waals surface area contributed by atoms with Crippen LogP contribution in [0.15, 0.2) is 63.6 Å². The van der Waals surface area contributed by atoms with Crippen molar-refractivity contribution in [3.63, 3.8) is 0 Å². The number of rotatable bonds is 6.